The molecule has 0 aromatic heterocycles. The topological polar surface area (TPSA) is 18.5 Å². The van der Waals surface area contributed by atoms with Crippen LogP contribution in [0.5, 0.6) is 0 Å². The van der Waals surface area contributed by atoms with Crippen molar-refractivity contribution in [2.45, 2.75) is 70.4 Å². The molecular formula is C12H29LiO2Si2. The van der Waals surface area contributed by atoms with E-state index in [9.17, 15) is 0 Å². The van der Waals surface area contributed by atoms with Gasteiger partial charge in [0.15, 0.2) is 0 Å². The van der Waals surface area contributed by atoms with Crippen LogP contribution in [0.15, 0.2) is 0 Å². The normalized spacial score (nSPS) is 15.4. The molecule has 0 saturated heterocycles. The first-order chi connectivity index (χ1) is 8.08. The van der Waals surface area contributed by atoms with Crippen LogP contribution in [0.4, 0.5) is 0 Å². The first-order valence-electron chi connectivity index (χ1n) is 7.31. The van der Waals surface area contributed by atoms with Gasteiger partial charge in [-0.3, -0.25) is 0 Å². The van der Waals surface area contributed by atoms with Gasteiger partial charge in [-0.2, -0.15) is 0 Å². The molecule has 98 valence electrons. The molecule has 0 spiro atoms. The molecule has 17 heavy (non-hydrogen) atoms. The van der Waals surface area contributed by atoms with Crippen LogP contribution < -0.4 is 0 Å². The Morgan fingerprint density at radius 2 is 1.53 bits per heavy atom. The first-order valence-corrected chi connectivity index (χ1v) is 11.3. The summed E-state index contributed by atoms with van der Waals surface area (Å²) in [6.45, 7) is 8.97. The van der Waals surface area contributed by atoms with Crippen LogP contribution in [-0.4, -0.2) is 43.5 Å². The number of hydrogen-bond donors (Lipinski definition) is 0. The van der Waals surface area contributed by atoms with Crippen LogP contribution in [0, 0.1) is 5.41 Å². The summed E-state index contributed by atoms with van der Waals surface area (Å²) in [4.78, 5) is 0. The summed E-state index contributed by atoms with van der Waals surface area (Å²) in [7, 11) is -0.746. The molecule has 0 aliphatic rings. The van der Waals surface area contributed by atoms with E-state index >= 15 is 0 Å². The fourth-order valence-electron chi connectivity index (χ4n) is 2.10. The summed E-state index contributed by atoms with van der Waals surface area (Å²) < 4.78 is 11.8. The van der Waals surface area contributed by atoms with Crippen LogP contribution in [0.1, 0.15) is 46.0 Å². The maximum absolute atomic E-state index is 5.88. The van der Waals surface area contributed by atoms with E-state index in [4.69, 9.17) is 8.85 Å². The molecule has 0 amide bonds. The molecular weight excluding hydrogens is 239 g/mol. The molecule has 2 nitrogen and oxygen atoms in total. The molecule has 0 heterocycles. The summed E-state index contributed by atoms with van der Waals surface area (Å²) in [5.41, 5.74) is 0.193. The van der Waals surface area contributed by atoms with Crippen LogP contribution in [0.3, 0.4) is 0 Å². The Kier molecular flexibility index (Phi) is 11.4. The molecule has 0 aromatic rings. The summed E-state index contributed by atoms with van der Waals surface area (Å²) >= 11 is 2.26. The zero-order valence-corrected chi connectivity index (χ0v) is 15.4. The molecule has 0 bridgehead atoms. The second-order valence-electron chi connectivity index (χ2n) is 5.40. The van der Waals surface area contributed by atoms with Gasteiger partial charge in [-0.15, -0.1) is 0 Å². The van der Waals surface area contributed by atoms with Gasteiger partial charge >= 0.3 is 122 Å². The molecule has 0 N–H and O–H groups in total. The zero-order chi connectivity index (χ0) is 13.1. The molecule has 0 unspecified atom stereocenters. The standard InChI is InChI=1S/C12H29O2Si2.Li/c1-6-7-8-9-10-12(2,3)11(13-15-4)14-16-5;/h11H,1,6-10,15-16H2,2-5H3;. The molecule has 0 aliphatic carbocycles. The minimum atomic E-state index is -0.373. The molecule has 0 saturated carbocycles. The number of unbranched alkanes of at least 4 members (excludes halogenated alkanes) is 3. The van der Waals surface area contributed by atoms with Crippen molar-refractivity contribution < 1.29 is 8.85 Å². The van der Waals surface area contributed by atoms with E-state index in [2.05, 4.69) is 44.7 Å². The molecule has 0 fully saturated rings. The Balaban J connectivity index is 3.94. The van der Waals surface area contributed by atoms with Crippen molar-refractivity contribution in [1.29, 1.82) is 0 Å². The third kappa shape index (κ3) is 8.63. The van der Waals surface area contributed by atoms with Crippen molar-refractivity contribution in [3.05, 3.63) is 0 Å². The van der Waals surface area contributed by atoms with Crippen molar-refractivity contribution in [2.24, 2.45) is 5.41 Å². The van der Waals surface area contributed by atoms with Crippen molar-refractivity contribution in [1.82, 2.24) is 0 Å². The minimum absolute atomic E-state index is 0.0713. The first kappa shape index (κ1) is 18.0. The van der Waals surface area contributed by atoms with E-state index in [1.165, 1.54) is 37.2 Å². The van der Waals surface area contributed by atoms with Gasteiger partial charge < -0.3 is 0 Å². The summed E-state index contributed by atoms with van der Waals surface area (Å²) in [6, 6.07) is 0. The fourth-order valence-corrected chi connectivity index (χ4v) is 4.00. The van der Waals surface area contributed by atoms with Crippen LogP contribution in [-0.2, 0) is 8.85 Å². The average molecular weight is 268 g/mol. The van der Waals surface area contributed by atoms with Crippen LogP contribution in [0.25, 0.3) is 0 Å². The quantitative estimate of drug-likeness (QED) is 0.325. The van der Waals surface area contributed by atoms with Gasteiger partial charge in [-0.05, 0) is 0 Å². The fraction of sp³-hybridized carbons (Fsp3) is 1.00. The number of rotatable bonds is 11. The second-order valence-corrected chi connectivity index (χ2v) is 7.22. The molecule has 0 atom stereocenters. The summed E-state index contributed by atoms with van der Waals surface area (Å²) in [5, 5.41) is 1.32. The molecule has 5 heteroatoms. The Bertz CT molecular complexity index is 174. The third-order valence-electron chi connectivity index (χ3n) is 3.20. The maximum atomic E-state index is 5.88. The Morgan fingerprint density at radius 1 is 1.00 bits per heavy atom. The SMILES string of the molecule is [Li][CH2]CCCCCC(C)(C)C(O[SiH2]C)O[SiH2]C. The second kappa shape index (κ2) is 10.8. The van der Waals surface area contributed by atoms with E-state index in [0.717, 1.165) is 0 Å². The molecule has 0 aliphatic heterocycles. The van der Waals surface area contributed by atoms with Crippen molar-refractivity contribution >= 4 is 37.2 Å². The van der Waals surface area contributed by atoms with Crippen molar-refractivity contribution in [2.75, 3.05) is 0 Å². The zero-order valence-electron chi connectivity index (χ0n) is 12.6. The van der Waals surface area contributed by atoms with E-state index in [1.807, 2.05) is 0 Å². The van der Waals surface area contributed by atoms with Crippen molar-refractivity contribution in [3.8, 4) is 0 Å². The molecule has 0 aromatic carbocycles. The third-order valence-corrected chi connectivity index (χ3v) is 4.47. The molecule has 0 radical (unpaired) electrons. The Morgan fingerprint density at radius 3 is 2.00 bits per heavy atom. The van der Waals surface area contributed by atoms with Crippen molar-refractivity contribution in [3.63, 3.8) is 0 Å². The summed E-state index contributed by atoms with van der Waals surface area (Å²) in [6.07, 6.45) is 6.72. The van der Waals surface area contributed by atoms with Gasteiger partial charge in [0.25, 0.3) is 0 Å². The predicted molar refractivity (Wildman–Crippen MR) is 82.2 cm³/mol. The summed E-state index contributed by atoms with van der Waals surface area (Å²) in [5.74, 6) is 0. The van der Waals surface area contributed by atoms with Gasteiger partial charge in [0.2, 0.25) is 0 Å². The van der Waals surface area contributed by atoms with E-state index in [0.29, 0.717) is 0 Å². The van der Waals surface area contributed by atoms with Crippen LogP contribution >= 0.6 is 0 Å². The van der Waals surface area contributed by atoms with Gasteiger partial charge in [0.1, 0.15) is 0 Å². The van der Waals surface area contributed by atoms with E-state index in [-0.39, 0.29) is 31.2 Å². The monoisotopic (exact) mass is 268 g/mol. The van der Waals surface area contributed by atoms with E-state index in [1.54, 1.807) is 0 Å². The Labute approximate surface area is 122 Å². The predicted octanol–water partition coefficient (Wildman–Crippen LogP) is 2.17. The van der Waals surface area contributed by atoms with Gasteiger partial charge in [0, 0.05) is 0 Å². The Hall–Kier alpha value is 0.951. The van der Waals surface area contributed by atoms with E-state index < -0.39 is 0 Å². The van der Waals surface area contributed by atoms with Gasteiger partial charge in [-0.25, -0.2) is 0 Å². The van der Waals surface area contributed by atoms with Gasteiger partial charge in [0.05, 0.1) is 0 Å². The average Bonchev–Trinajstić information content (AvgIpc) is 2.28. The number of hydrogen-bond acceptors (Lipinski definition) is 2. The van der Waals surface area contributed by atoms with Gasteiger partial charge in [-0.1, -0.05) is 0 Å². The molecule has 0 rings (SSSR count). The van der Waals surface area contributed by atoms with Crippen LogP contribution in [0.2, 0.25) is 18.2 Å².